The van der Waals surface area contributed by atoms with Crippen molar-refractivity contribution >= 4 is 28.4 Å². The summed E-state index contributed by atoms with van der Waals surface area (Å²) in [6.45, 7) is 2.56. The third kappa shape index (κ3) is 1.99. The van der Waals surface area contributed by atoms with Gasteiger partial charge in [-0.05, 0) is 6.92 Å². The van der Waals surface area contributed by atoms with Gasteiger partial charge in [0.05, 0.1) is 13.7 Å². The van der Waals surface area contributed by atoms with Gasteiger partial charge in [0, 0.05) is 11.1 Å². The Hall–Kier alpha value is -2.22. The number of thiazole rings is 1. The van der Waals surface area contributed by atoms with Crippen LogP contribution in [0.2, 0.25) is 0 Å². The predicted molar refractivity (Wildman–Crippen MR) is 72.2 cm³/mol. The SMILES string of the molecule is COc1ncnc2c1nc(N)n2Cc1ncc(C)s1. The van der Waals surface area contributed by atoms with Crippen molar-refractivity contribution < 1.29 is 4.74 Å². The largest absolute Gasteiger partial charge is 0.479 e. The summed E-state index contributed by atoms with van der Waals surface area (Å²) in [5, 5.41) is 0.959. The molecule has 8 heteroatoms. The Labute approximate surface area is 113 Å². The Balaban J connectivity index is 2.10. The zero-order chi connectivity index (χ0) is 13.4. The van der Waals surface area contributed by atoms with Crippen LogP contribution in [0.25, 0.3) is 11.2 Å². The zero-order valence-electron chi connectivity index (χ0n) is 10.5. The Morgan fingerprint density at radius 3 is 2.89 bits per heavy atom. The smallest absolute Gasteiger partial charge is 0.245 e. The number of imidazole rings is 1. The highest BCUT2D eigenvalue weighted by molar-refractivity contribution is 7.11. The molecule has 0 amide bonds. The Morgan fingerprint density at radius 2 is 2.21 bits per heavy atom. The zero-order valence-corrected chi connectivity index (χ0v) is 11.3. The molecule has 3 heterocycles. The molecule has 0 radical (unpaired) electrons. The number of anilines is 1. The molecule has 98 valence electrons. The second kappa shape index (κ2) is 4.47. The number of nitrogens with two attached hydrogens (primary N) is 1. The van der Waals surface area contributed by atoms with Crippen LogP contribution in [-0.4, -0.2) is 31.6 Å². The number of nitrogens with zero attached hydrogens (tertiary/aromatic N) is 5. The maximum atomic E-state index is 5.94. The van der Waals surface area contributed by atoms with Crippen LogP contribution < -0.4 is 10.5 Å². The molecule has 0 aliphatic rings. The maximum Gasteiger partial charge on any atom is 0.245 e. The van der Waals surface area contributed by atoms with E-state index in [9.17, 15) is 0 Å². The molecule has 0 aromatic carbocycles. The lowest BCUT2D eigenvalue weighted by Crippen LogP contribution is -2.05. The first-order valence-electron chi connectivity index (χ1n) is 5.61. The number of hydrogen-bond acceptors (Lipinski definition) is 7. The fourth-order valence-electron chi connectivity index (χ4n) is 1.85. The van der Waals surface area contributed by atoms with E-state index in [1.807, 2.05) is 13.1 Å². The van der Waals surface area contributed by atoms with E-state index in [1.54, 1.807) is 23.0 Å². The van der Waals surface area contributed by atoms with Crippen LogP contribution in [-0.2, 0) is 6.54 Å². The van der Waals surface area contributed by atoms with Crippen molar-refractivity contribution in [3.8, 4) is 5.88 Å². The minimum Gasteiger partial charge on any atom is -0.479 e. The lowest BCUT2D eigenvalue weighted by Gasteiger charge is -2.03. The van der Waals surface area contributed by atoms with E-state index in [0.29, 0.717) is 29.5 Å². The molecule has 2 N–H and O–H groups in total. The minimum atomic E-state index is 0.377. The van der Waals surface area contributed by atoms with Crippen molar-refractivity contribution in [1.82, 2.24) is 24.5 Å². The van der Waals surface area contributed by atoms with Crippen LogP contribution in [0, 0.1) is 6.92 Å². The van der Waals surface area contributed by atoms with Crippen molar-refractivity contribution in [2.75, 3.05) is 12.8 Å². The van der Waals surface area contributed by atoms with Crippen LogP contribution in [0.15, 0.2) is 12.5 Å². The fraction of sp³-hybridized carbons (Fsp3) is 0.273. The van der Waals surface area contributed by atoms with E-state index in [-0.39, 0.29) is 0 Å². The molecule has 0 bridgehead atoms. The van der Waals surface area contributed by atoms with Gasteiger partial charge in [-0.3, -0.25) is 4.57 Å². The molecule has 3 aromatic heterocycles. The van der Waals surface area contributed by atoms with Gasteiger partial charge in [-0.15, -0.1) is 11.3 Å². The van der Waals surface area contributed by atoms with Crippen molar-refractivity contribution in [1.29, 1.82) is 0 Å². The van der Waals surface area contributed by atoms with Crippen LogP contribution in [0.4, 0.5) is 5.95 Å². The summed E-state index contributed by atoms with van der Waals surface area (Å²) in [6, 6.07) is 0. The lowest BCUT2D eigenvalue weighted by atomic mass is 10.5. The third-order valence-electron chi connectivity index (χ3n) is 2.68. The molecule has 0 aliphatic carbocycles. The Bertz CT molecular complexity index is 734. The van der Waals surface area contributed by atoms with Gasteiger partial charge in [0.25, 0.3) is 0 Å². The average Bonchev–Trinajstić information content (AvgIpc) is 2.94. The highest BCUT2D eigenvalue weighted by Gasteiger charge is 2.15. The van der Waals surface area contributed by atoms with E-state index in [1.165, 1.54) is 6.33 Å². The first kappa shape index (κ1) is 11.8. The van der Waals surface area contributed by atoms with E-state index in [0.717, 1.165) is 9.88 Å². The number of aromatic nitrogens is 5. The third-order valence-corrected chi connectivity index (χ3v) is 3.58. The maximum absolute atomic E-state index is 5.94. The summed E-state index contributed by atoms with van der Waals surface area (Å²) in [5.74, 6) is 0.799. The van der Waals surface area contributed by atoms with Crippen LogP contribution in [0.5, 0.6) is 5.88 Å². The first-order chi connectivity index (χ1) is 9.19. The number of rotatable bonds is 3. The molecule has 3 rings (SSSR count). The molecule has 0 fully saturated rings. The number of aryl methyl sites for hydroxylation is 1. The molecule has 0 aliphatic heterocycles. The first-order valence-corrected chi connectivity index (χ1v) is 6.42. The van der Waals surface area contributed by atoms with Gasteiger partial charge in [-0.1, -0.05) is 0 Å². The molecule has 0 spiro atoms. The Morgan fingerprint density at radius 1 is 1.37 bits per heavy atom. The predicted octanol–water partition coefficient (Wildman–Crippen LogP) is 1.23. The van der Waals surface area contributed by atoms with E-state index >= 15 is 0 Å². The summed E-state index contributed by atoms with van der Waals surface area (Å²) >= 11 is 1.62. The monoisotopic (exact) mass is 276 g/mol. The number of methoxy groups -OCH3 is 1. The second-order valence-corrected chi connectivity index (χ2v) is 5.30. The molecular formula is C11H12N6OS. The minimum absolute atomic E-state index is 0.377. The molecule has 0 saturated carbocycles. The normalized spacial score (nSPS) is 11.1. The average molecular weight is 276 g/mol. The van der Waals surface area contributed by atoms with Gasteiger partial charge < -0.3 is 10.5 Å². The highest BCUT2D eigenvalue weighted by Crippen LogP contribution is 2.24. The van der Waals surface area contributed by atoms with Gasteiger partial charge in [0.2, 0.25) is 11.8 Å². The van der Waals surface area contributed by atoms with Crippen molar-refractivity contribution in [3.63, 3.8) is 0 Å². The van der Waals surface area contributed by atoms with Crippen LogP contribution in [0.3, 0.4) is 0 Å². The molecule has 0 unspecified atom stereocenters. The molecular weight excluding hydrogens is 264 g/mol. The highest BCUT2D eigenvalue weighted by atomic mass is 32.1. The number of fused-ring (bicyclic) bond motifs is 1. The quantitative estimate of drug-likeness (QED) is 0.773. The molecule has 0 atom stereocenters. The van der Waals surface area contributed by atoms with Gasteiger partial charge >= 0.3 is 0 Å². The van der Waals surface area contributed by atoms with Crippen molar-refractivity contribution in [3.05, 3.63) is 22.4 Å². The standard InChI is InChI=1S/C11H12N6OS/c1-6-3-13-7(19-6)4-17-9-8(16-11(17)12)10(18-2)15-5-14-9/h3,5H,4H2,1-2H3,(H2,12,16). The summed E-state index contributed by atoms with van der Waals surface area (Å²) in [5.41, 5.74) is 7.15. The topological polar surface area (TPSA) is 91.7 Å². The van der Waals surface area contributed by atoms with Crippen LogP contribution in [0.1, 0.15) is 9.88 Å². The molecule has 7 nitrogen and oxygen atoms in total. The summed E-state index contributed by atoms with van der Waals surface area (Å²) < 4.78 is 6.96. The van der Waals surface area contributed by atoms with Gasteiger partial charge in [-0.2, -0.15) is 4.98 Å². The summed E-state index contributed by atoms with van der Waals surface area (Å²) in [7, 11) is 1.54. The molecule has 3 aromatic rings. The van der Waals surface area contributed by atoms with Crippen molar-refractivity contribution in [2.45, 2.75) is 13.5 Å². The number of nitrogen functional groups attached to an aromatic ring is 1. The number of hydrogen-bond donors (Lipinski definition) is 1. The van der Waals surface area contributed by atoms with Crippen molar-refractivity contribution in [2.24, 2.45) is 0 Å². The van der Waals surface area contributed by atoms with E-state index in [2.05, 4.69) is 19.9 Å². The fourth-order valence-corrected chi connectivity index (χ4v) is 2.62. The van der Waals surface area contributed by atoms with E-state index in [4.69, 9.17) is 10.5 Å². The van der Waals surface area contributed by atoms with Crippen LogP contribution >= 0.6 is 11.3 Å². The Kier molecular flexibility index (Phi) is 2.79. The summed E-state index contributed by atoms with van der Waals surface area (Å²) in [4.78, 5) is 18.0. The van der Waals surface area contributed by atoms with Gasteiger partial charge in [0.1, 0.15) is 11.3 Å². The molecule has 19 heavy (non-hydrogen) atoms. The number of ether oxygens (including phenoxy) is 1. The second-order valence-electron chi connectivity index (χ2n) is 3.98. The van der Waals surface area contributed by atoms with Gasteiger partial charge in [-0.25, -0.2) is 15.0 Å². The van der Waals surface area contributed by atoms with E-state index < -0.39 is 0 Å². The molecule has 0 saturated heterocycles. The lowest BCUT2D eigenvalue weighted by molar-refractivity contribution is 0.401. The van der Waals surface area contributed by atoms with Gasteiger partial charge in [0.15, 0.2) is 11.2 Å². The summed E-state index contributed by atoms with van der Waals surface area (Å²) in [6.07, 6.45) is 3.27.